The average molecular weight is 622 g/mol. The Morgan fingerprint density at radius 3 is 2.64 bits per heavy atom. The Balaban J connectivity index is 1.44. The highest BCUT2D eigenvalue weighted by Gasteiger charge is 2.54. The number of esters is 1. The van der Waals surface area contributed by atoms with E-state index in [0.717, 1.165) is 72.2 Å². The standard InChI is InChI=1S/C35H47N3O7/c1-7-8-9-10-11-12-27(37-33(41)45-34(2,3)4)31(39)38-21-35(20-28(38)32(40)43-6)18-17-24-25-19-23(42-5)15-16-26(25)36-29(22-13-14-22)30(24)44-35/h7,15-16,19,22,27-28H,1,8-14,17-18,20-21H2,2-6H3,(H,37,41)/t27-,28-,35-/m0/s1. The van der Waals surface area contributed by atoms with Crippen molar-refractivity contribution in [1.82, 2.24) is 15.2 Å². The number of fused-ring (bicyclic) bond motifs is 3. The molecule has 2 aromatic rings. The predicted molar refractivity (Wildman–Crippen MR) is 171 cm³/mol. The van der Waals surface area contributed by atoms with Crippen molar-refractivity contribution in [1.29, 1.82) is 0 Å². The summed E-state index contributed by atoms with van der Waals surface area (Å²) in [4.78, 5) is 46.8. The highest BCUT2D eigenvalue weighted by Crippen LogP contribution is 2.51. The average Bonchev–Trinajstić information content (AvgIpc) is 3.79. The number of pyridine rings is 1. The molecule has 2 amide bonds. The Labute approximate surface area is 265 Å². The third-order valence-electron chi connectivity index (χ3n) is 8.94. The molecule has 5 rings (SSSR count). The molecule has 1 aromatic carbocycles. The topological polar surface area (TPSA) is 116 Å². The minimum atomic E-state index is -0.859. The highest BCUT2D eigenvalue weighted by molar-refractivity contribution is 5.91. The second-order valence-corrected chi connectivity index (χ2v) is 13.6. The van der Waals surface area contributed by atoms with Gasteiger partial charge in [0.2, 0.25) is 5.91 Å². The summed E-state index contributed by atoms with van der Waals surface area (Å²) >= 11 is 0. The van der Waals surface area contributed by atoms with Crippen molar-refractivity contribution < 1.29 is 33.3 Å². The van der Waals surface area contributed by atoms with E-state index in [1.165, 1.54) is 7.11 Å². The van der Waals surface area contributed by atoms with E-state index in [2.05, 4.69) is 11.9 Å². The molecule has 0 unspecified atom stereocenters. The maximum atomic E-state index is 14.2. The summed E-state index contributed by atoms with van der Waals surface area (Å²) in [6.07, 6.45) is 8.78. The van der Waals surface area contributed by atoms with Gasteiger partial charge in [-0.1, -0.05) is 18.9 Å². The molecule has 45 heavy (non-hydrogen) atoms. The second kappa shape index (κ2) is 13.3. The Morgan fingerprint density at radius 2 is 1.98 bits per heavy atom. The highest BCUT2D eigenvalue weighted by atomic mass is 16.6. The molecule has 3 heterocycles. The number of alkyl carbamates (subject to hydrolysis) is 1. The zero-order chi connectivity index (χ0) is 32.4. The minimum absolute atomic E-state index is 0.203. The van der Waals surface area contributed by atoms with Gasteiger partial charge in [0.05, 0.1) is 32.0 Å². The Hall–Kier alpha value is -3.82. The molecule has 3 aliphatic rings. The number of rotatable bonds is 11. The van der Waals surface area contributed by atoms with Gasteiger partial charge in [-0.3, -0.25) is 4.79 Å². The molecule has 10 heteroatoms. The van der Waals surface area contributed by atoms with Crippen LogP contribution >= 0.6 is 0 Å². The maximum absolute atomic E-state index is 14.2. The van der Waals surface area contributed by atoms with Crippen LogP contribution in [0.3, 0.4) is 0 Å². The summed E-state index contributed by atoms with van der Waals surface area (Å²) in [6.45, 7) is 9.31. The number of allylic oxidation sites excluding steroid dienone is 1. The largest absolute Gasteiger partial charge is 0.497 e. The normalized spacial score (nSPS) is 21.5. The van der Waals surface area contributed by atoms with Crippen LogP contribution in [0.5, 0.6) is 11.5 Å². The van der Waals surface area contributed by atoms with Crippen molar-refractivity contribution in [3.05, 3.63) is 42.1 Å². The van der Waals surface area contributed by atoms with E-state index in [-0.39, 0.29) is 12.5 Å². The van der Waals surface area contributed by atoms with Gasteiger partial charge >= 0.3 is 12.1 Å². The zero-order valence-corrected chi connectivity index (χ0v) is 27.3. The maximum Gasteiger partial charge on any atom is 0.408 e. The van der Waals surface area contributed by atoms with Crippen LogP contribution < -0.4 is 14.8 Å². The smallest absolute Gasteiger partial charge is 0.408 e. The van der Waals surface area contributed by atoms with E-state index in [0.29, 0.717) is 31.6 Å². The Bertz CT molecular complexity index is 1450. The first-order valence-corrected chi connectivity index (χ1v) is 16.2. The Morgan fingerprint density at radius 1 is 1.20 bits per heavy atom. The number of methoxy groups -OCH3 is 2. The molecule has 1 aromatic heterocycles. The fourth-order valence-electron chi connectivity index (χ4n) is 6.56. The number of benzene rings is 1. The van der Waals surface area contributed by atoms with Gasteiger partial charge in [0.25, 0.3) is 0 Å². The molecule has 0 radical (unpaired) electrons. The van der Waals surface area contributed by atoms with E-state index in [9.17, 15) is 14.4 Å². The van der Waals surface area contributed by atoms with Gasteiger partial charge in [0, 0.05) is 23.3 Å². The molecule has 3 atom stereocenters. The van der Waals surface area contributed by atoms with Gasteiger partial charge in [0.15, 0.2) is 0 Å². The van der Waals surface area contributed by atoms with Gasteiger partial charge in [-0.25, -0.2) is 14.6 Å². The number of unbranched alkanes of at least 4 members (excludes halogenated alkanes) is 3. The Kier molecular flexibility index (Phi) is 9.60. The van der Waals surface area contributed by atoms with Crippen molar-refractivity contribution in [3.63, 3.8) is 0 Å². The van der Waals surface area contributed by atoms with Crippen LogP contribution in [-0.2, 0) is 25.5 Å². The van der Waals surface area contributed by atoms with Crippen LogP contribution in [0.15, 0.2) is 30.9 Å². The first-order valence-electron chi connectivity index (χ1n) is 16.2. The summed E-state index contributed by atoms with van der Waals surface area (Å²) in [5.74, 6) is 1.02. The second-order valence-electron chi connectivity index (χ2n) is 13.6. The molecule has 1 aliphatic carbocycles. The third kappa shape index (κ3) is 7.36. The van der Waals surface area contributed by atoms with E-state index >= 15 is 0 Å². The van der Waals surface area contributed by atoms with Crippen LogP contribution in [0.2, 0.25) is 0 Å². The molecule has 2 fully saturated rings. The van der Waals surface area contributed by atoms with E-state index in [1.807, 2.05) is 24.3 Å². The monoisotopic (exact) mass is 621 g/mol. The predicted octanol–water partition coefficient (Wildman–Crippen LogP) is 5.99. The number of amides is 2. The van der Waals surface area contributed by atoms with Crippen molar-refractivity contribution >= 4 is 28.9 Å². The number of likely N-dealkylation sites (tertiary alicyclic amines) is 1. The summed E-state index contributed by atoms with van der Waals surface area (Å²) < 4.78 is 23.1. The van der Waals surface area contributed by atoms with Gasteiger partial charge in [0.1, 0.15) is 34.8 Å². The van der Waals surface area contributed by atoms with Gasteiger partial charge < -0.3 is 29.2 Å². The zero-order valence-electron chi connectivity index (χ0n) is 27.3. The van der Waals surface area contributed by atoms with Crippen molar-refractivity contribution in [3.8, 4) is 11.5 Å². The number of hydrogen-bond acceptors (Lipinski definition) is 8. The first kappa shape index (κ1) is 32.6. The molecule has 2 aliphatic heterocycles. The molecular formula is C35H47N3O7. The number of nitrogens with one attached hydrogen (secondary N) is 1. The number of aromatic nitrogens is 1. The molecule has 1 saturated heterocycles. The summed E-state index contributed by atoms with van der Waals surface area (Å²) in [6, 6.07) is 4.21. The fourth-order valence-corrected chi connectivity index (χ4v) is 6.56. The van der Waals surface area contributed by atoms with E-state index in [4.69, 9.17) is 23.9 Å². The van der Waals surface area contributed by atoms with E-state index in [1.54, 1.807) is 32.8 Å². The number of ether oxygens (including phenoxy) is 4. The summed E-state index contributed by atoms with van der Waals surface area (Å²) in [5.41, 5.74) is 1.44. The quantitative estimate of drug-likeness (QED) is 0.185. The molecule has 1 spiro atoms. The van der Waals surface area contributed by atoms with Gasteiger partial charge in [-0.15, -0.1) is 6.58 Å². The number of aryl methyl sites for hydroxylation is 1. The first-order chi connectivity index (χ1) is 21.5. The van der Waals surface area contributed by atoms with Gasteiger partial charge in [-0.05, 0) is 83.9 Å². The van der Waals surface area contributed by atoms with Crippen LogP contribution in [0.1, 0.15) is 95.7 Å². The molecule has 10 nitrogen and oxygen atoms in total. The molecule has 1 saturated carbocycles. The van der Waals surface area contributed by atoms with Crippen LogP contribution in [0, 0.1) is 0 Å². The lowest BCUT2D eigenvalue weighted by molar-refractivity contribution is -0.151. The van der Waals surface area contributed by atoms with Crippen molar-refractivity contribution in [2.75, 3.05) is 20.8 Å². The van der Waals surface area contributed by atoms with Crippen molar-refractivity contribution in [2.24, 2.45) is 0 Å². The SMILES string of the molecule is C=CCCCCC[C@H](NC(=O)OC(C)(C)C)C(=O)N1C[C@]2(CCc3c(c(C4CC4)nc4ccc(OC)cc34)O2)C[C@H]1C(=O)OC. The summed E-state index contributed by atoms with van der Waals surface area (Å²) in [5, 5.41) is 3.80. The third-order valence-corrected chi connectivity index (χ3v) is 8.94. The number of carbonyl (C=O) groups is 3. The van der Waals surface area contributed by atoms with E-state index < -0.39 is 35.3 Å². The number of carbonyl (C=O) groups excluding carboxylic acids is 3. The van der Waals surface area contributed by atoms with Crippen molar-refractivity contribution in [2.45, 2.75) is 114 Å². The number of nitrogens with zero attached hydrogens (tertiary/aromatic N) is 2. The molecule has 244 valence electrons. The lowest BCUT2D eigenvalue weighted by atomic mass is 9.87. The van der Waals surface area contributed by atoms with Crippen LogP contribution in [-0.4, -0.2) is 71.9 Å². The lowest BCUT2D eigenvalue weighted by Gasteiger charge is -2.37. The van der Waals surface area contributed by atoms with Gasteiger partial charge in [-0.2, -0.15) is 0 Å². The lowest BCUT2D eigenvalue weighted by Crippen LogP contribution is -2.53. The molecule has 0 bridgehead atoms. The summed E-state index contributed by atoms with van der Waals surface area (Å²) in [7, 11) is 2.98. The molecular weight excluding hydrogens is 574 g/mol. The van der Waals surface area contributed by atoms with Crippen LogP contribution in [0.25, 0.3) is 10.9 Å². The molecule has 1 N–H and O–H groups in total. The number of hydrogen-bond donors (Lipinski definition) is 1. The fraction of sp³-hybridized carbons (Fsp3) is 0.600. The minimum Gasteiger partial charge on any atom is -0.497 e. The van der Waals surface area contributed by atoms with Crippen LogP contribution in [0.4, 0.5) is 4.79 Å².